The Morgan fingerprint density at radius 3 is 2.52 bits per heavy atom. The van der Waals surface area contributed by atoms with Gasteiger partial charge in [-0.2, -0.15) is 0 Å². The standard InChI is InChI=1S/C19H21NO5/c1-4-13-6-5-7-14(10-13)20-18(21)12-25-19(22)16-9-8-15(23-2)11-17(16)24-3/h5-11H,4,12H2,1-3H3,(H,20,21). The van der Waals surface area contributed by atoms with E-state index in [-0.39, 0.29) is 12.2 Å². The van der Waals surface area contributed by atoms with Crippen LogP contribution in [0.25, 0.3) is 0 Å². The average molecular weight is 343 g/mol. The molecule has 2 aromatic carbocycles. The van der Waals surface area contributed by atoms with Gasteiger partial charge in [-0.1, -0.05) is 19.1 Å². The van der Waals surface area contributed by atoms with E-state index >= 15 is 0 Å². The van der Waals surface area contributed by atoms with Gasteiger partial charge in [0, 0.05) is 11.8 Å². The summed E-state index contributed by atoms with van der Waals surface area (Å²) in [7, 11) is 2.96. The number of rotatable bonds is 7. The number of esters is 1. The lowest BCUT2D eigenvalue weighted by Crippen LogP contribution is -2.21. The zero-order chi connectivity index (χ0) is 18.2. The smallest absolute Gasteiger partial charge is 0.342 e. The van der Waals surface area contributed by atoms with Gasteiger partial charge in [0.2, 0.25) is 0 Å². The maximum absolute atomic E-state index is 12.2. The SMILES string of the molecule is CCc1cccc(NC(=O)COC(=O)c2ccc(OC)cc2OC)c1. The van der Waals surface area contributed by atoms with Crippen molar-refractivity contribution in [3.05, 3.63) is 53.6 Å². The Morgan fingerprint density at radius 1 is 1.04 bits per heavy atom. The molecule has 0 saturated carbocycles. The Morgan fingerprint density at radius 2 is 1.84 bits per heavy atom. The molecule has 0 heterocycles. The van der Waals surface area contributed by atoms with Crippen molar-refractivity contribution < 1.29 is 23.8 Å². The summed E-state index contributed by atoms with van der Waals surface area (Å²) in [5, 5.41) is 2.70. The van der Waals surface area contributed by atoms with Crippen LogP contribution in [0.3, 0.4) is 0 Å². The van der Waals surface area contributed by atoms with E-state index in [1.807, 2.05) is 25.1 Å². The molecule has 0 aliphatic carbocycles. The number of methoxy groups -OCH3 is 2. The van der Waals surface area contributed by atoms with Crippen LogP contribution in [0.4, 0.5) is 5.69 Å². The molecule has 0 radical (unpaired) electrons. The zero-order valence-corrected chi connectivity index (χ0v) is 14.5. The first kappa shape index (κ1) is 18.3. The van der Waals surface area contributed by atoms with Crippen LogP contribution >= 0.6 is 0 Å². The topological polar surface area (TPSA) is 73.9 Å². The molecule has 2 aromatic rings. The van der Waals surface area contributed by atoms with Gasteiger partial charge in [-0.25, -0.2) is 4.79 Å². The van der Waals surface area contributed by atoms with Gasteiger partial charge in [-0.05, 0) is 36.2 Å². The average Bonchev–Trinajstić information content (AvgIpc) is 2.65. The van der Waals surface area contributed by atoms with E-state index in [1.54, 1.807) is 18.2 Å². The van der Waals surface area contributed by atoms with Gasteiger partial charge in [-0.3, -0.25) is 4.79 Å². The van der Waals surface area contributed by atoms with Gasteiger partial charge in [0.15, 0.2) is 6.61 Å². The second-order valence-corrected chi connectivity index (χ2v) is 5.24. The summed E-state index contributed by atoms with van der Waals surface area (Å²) < 4.78 is 15.3. The monoisotopic (exact) mass is 343 g/mol. The fourth-order valence-corrected chi connectivity index (χ4v) is 2.24. The maximum atomic E-state index is 12.2. The molecule has 6 nitrogen and oxygen atoms in total. The van der Waals surface area contributed by atoms with Crippen molar-refractivity contribution in [3.8, 4) is 11.5 Å². The van der Waals surface area contributed by atoms with E-state index in [1.165, 1.54) is 20.3 Å². The van der Waals surface area contributed by atoms with Crippen LogP contribution in [0.1, 0.15) is 22.8 Å². The van der Waals surface area contributed by atoms with E-state index in [0.29, 0.717) is 17.2 Å². The van der Waals surface area contributed by atoms with Gasteiger partial charge in [-0.15, -0.1) is 0 Å². The van der Waals surface area contributed by atoms with E-state index in [2.05, 4.69) is 5.32 Å². The Hall–Kier alpha value is -3.02. The largest absolute Gasteiger partial charge is 0.497 e. The molecule has 25 heavy (non-hydrogen) atoms. The number of benzene rings is 2. The highest BCUT2D eigenvalue weighted by Crippen LogP contribution is 2.25. The lowest BCUT2D eigenvalue weighted by molar-refractivity contribution is -0.119. The van der Waals surface area contributed by atoms with Crippen LogP contribution in [0, 0.1) is 0 Å². The third-order valence-electron chi connectivity index (χ3n) is 3.58. The molecule has 0 aliphatic rings. The van der Waals surface area contributed by atoms with E-state index in [9.17, 15) is 9.59 Å². The minimum atomic E-state index is -0.642. The summed E-state index contributed by atoms with van der Waals surface area (Å²) in [5.74, 6) is -0.173. The minimum absolute atomic E-state index is 0.226. The Bertz CT molecular complexity index is 757. The Kier molecular flexibility index (Phi) is 6.39. The number of ether oxygens (including phenoxy) is 3. The summed E-state index contributed by atoms with van der Waals surface area (Å²) in [6.45, 7) is 1.65. The third-order valence-corrected chi connectivity index (χ3v) is 3.58. The molecular weight excluding hydrogens is 322 g/mol. The predicted molar refractivity (Wildman–Crippen MR) is 94.3 cm³/mol. The van der Waals surface area contributed by atoms with Crippen molar-refractivity contribution in [1.82, 2.24) is 0 Å². The third kappa shape index (κ3) is 4.97. The molecule has 0 atom stereocenters. The number of hydrogen-bond donors (Lipinski definition) is 1. The first-order valence-electron chi connectivity index (χ1n) is 7.85. The molecule has 1 amide bonds. The molecule has 2 rings (SSSR count). The fraction of sp³-hybridized carbons (Fsp3) is 0.263. The number of carbonyl (C=O) groups is 2. The van der Waals surface area contributed by atoms with E-state index < -0.39 is 11.9 Å². The molecule has 0 aromatic heterocycles. The van der Waals surface area contributed by atoms with Gasteiger partial charge >= 0.3 is 5.97 Å². The molecule has 0 aliphatic heterocycles. The lowest BCUT2D eigenvalue weighted by atomic mass is 10.1. The molecule has 6 heteroatoms. The van der Waals surface area contributed by atoms with Crippen LogP contribution < -0.4 is 14.8 Å². The second kappa shape index (κ2) is 8.73. The van der Waals surface area contributed by atoms with Crippen molar-refractivity contribution >= 4 is 17.6 Å². The number of hydrogen-bond acceptors (Lipinski definition) is 5. The van der Waals surface area contributed by atoms with Crippen LogP contribution in [0.15, 0.2) is 42.5 Å². The van der Waals surface area contributed by atoms with Gasteiger partial charge in [0.05, 0.1) is 14.2 Å². The summed E-state index contributed by atoms with van der Waals surface area (Å²) >= 11 is 0. The predicted octanol–water partition coefficient (Wildman–Crippen LogP) is 3.06. The first-order valence-corrected chi connectivity index (χ1v) is 7.85. The molecule has 0 bridgehead atoms. The van der Waals surface area contributed by atoms with E-state index in [0.717, 1.165) is 12.0 Å². The summed E-state index contributed by atoms with van der Waals surface area (Å²) in [4.78, 5) is 24.1. The fourth-order valence-electron chi connectivity index (χ4n) is 2.24. The number of amides is 1. The summed E-state index contributed by atoms with van der Waals surface area (Å²) in [6, 6.07) is 12.2. The Balaban J connectivity index is 1.96. The second-order valence-electron chi connectivity index (χ2n) is 5.24. The first-order chi connectivity index (χ1) is 12.1. The van der Waals surface area contributed by atoms with Gasteiger partial charge in [0.1, 0.15) is 17.1 Å². The molecule has 1 N–H and O–H groups in total. The molecule has 132 valence electrons. The van der Waals surface area contributed by atoms with Crippen molar-refractivity contribution in [2.24, 2.45) is 0 Å². The van der Waals surface area contributed by atoms with Crippen molar-refractivity contribution in [2.75, 3.05) is 26.1 Å². The highest BCUT2D eigenvalue weighted by Gasteiger charge is 2.16. The number of carbonyl (C=O) groups excluding carboxylic acids is 2. The molecular formula is C19H21NO5. The van der Waals surface area contributed by atoms with Crippen LogP contribution in [0.5, 0.6) is 11.5 Å². The zero-order valence-electron chi connectivity index (χ0n) is 14.5. The lowest BCUT2D eigenvalue weighted by Gasteiger charge is -2.11. The quantitative estimate of drug-likeness (QED) is 0.782. The Labute approximate surface area is 146 Å². The molecule has 0 spiro atoms. The number of anilines is 1. The minimum Gasteiger partial charge on any atom is -0.497 e. The molecule has 0 unspecified atom stereocenters. The number of nitrogens with one attached hydrogen (secondary N) is 1. The van der Waals surface area contributed by atoms with Crippen molar-refractivity contribution in [3.63, 3.8) is 0 Å². The summed E-state index contributed by atoms with van der Waals surface area (Å²) in [5.41, 5.74) is 2.00. The van der Waals surface area contributed by atoms with Crippen LogP contribution in [-0.4, -0.2) is 32.7 Å². The summed E-state index contributed by atoms with van der Waals surface area (Å²) in [6.07, 6.45) is 0.871. The van der Waals surface area contributed by atoms with E-state index in [4.69, 9.17) is 14.2 Å². The molecule has 0 saturated heterocycles. The van der Waals surface area contributed by atoms with Gasteiger partial charge < -0.3 is 19.5 Å². The highest BCUT2D eigenvalue weighted by molar-refractivity contribution is 5.97. The van der Waals surface area contributed by atoms with Crippen LogP contribution in [-0.2, 0) is 16.0 Å². The van der Waals surface area contributed by atoms with Crippen molar-refractivity contribution in [2.45, 2.75) is 13.3 Å². The normalized spacial score (nSPS) is 10.0. The maximum Gasteiger partial charge on any atom is 0.342 e. The number of aryl methyl sites for hydroxylation is 1. The van der Waals surface area contributed by atoms with Crippen LogP contribution in [0.2, 0.25) is 0 Å². The van der Waals surface area contributed by atoms with Crippen molar-refractivity contribution in [1.29, 1.82) is 0 Å². The highest BCUT2D eigenvalue weighted by atomic mass is 16.5. The van der Waals surface area contributed by atoms with Gasteiger partial charge in [0.25, 0.3) is 5.91 Å². The molecule has 0 fully saturated rings.